The number of nitrogens with zero attached hydrogens (tertiary/aromatic N) is 4. The number of carbonyl (C=O) groups excluding carboxylic acids is 1. The van der Waals surface area contributed by atoms with Crippen LogP contribution in [0.1, 0.15) is 43.9 Å². The van der Waals surface area contributed by atoms with Gasteiger partial charge in [0.25, 0.3) is 0 Å². The molecule has 0 radical (unpaired) electrons. The summed E-state index contributed by atoms with van der Waals surface area (Å²) in [5, 5.41) is 7.93. The summed E-state index contributed by atoms with van der Waals surface area (Å²) >= 11 is 0. The normalized spacial score (nSPS) is 23.8. The number of carbonyl (C=O) groups is 1. The summed E-state index contributed by atoms with van der Waals surface area (Å²) in [6.45, 7) is 4.42. The summed E-state index contributed by atoms with van der Waals surface area (Å²) in [5.74, 6) is 1.89. The molecule has 1 aromatic rings. The molecule has 2 heterocycles. The molecule has 0 N–H and O–H groups in total. The lowest BCUT2D eigenvalue weighted by Gasteiger charge is -2.39. The van der Waals surface area contributed by atoms with E-state index in [9.17, 15) is 4.79 Å². The van der Waals surface area contributed by atoms with Gasteiger partial charge in [-0.3, -0.25) is 9.69 Å². The maximum absolute atomic E-state index is 12.4. The van der Waals surface area contributed by atoms with E-state index in [0.29, 0.717) is 30.3 Å². The Morgan fingerprint density at radius 1 is 1.33 bits per heavy atom. The smallest absolute Gasteiger partial charge is 0.230 e. The summed E-state index contributed by atoms with van der Waals surface area (Å²) in [4.78, 5) is 16.7. The molecule has 0 bridgehead atoms. The van der Waals surface area contributed by atoms with Crippen LogP contribution in [0.5, 0.6) is 0 Å². The Labute approximate surface area is 125 Å². The van der Waals surface area contributed by atoms with Gasteiger partial charge in [-0.1, -0.05) is 6.42 Å². The third-order valence-electron chi connectivity index (χ3n) is 4.76. The van der Waals surface area contributed by atoms with Crippen molar-refractivity contribution in [1.82, 2.24) is 20.0 Å². The van der Waals surface area contributed by atoms with Crippen molar-refractivity contribution in [3.8, 4) is 0 Å². The highest BCUT2D eigenvalue weighted by Gasteiger charge is 2.33. The van der Waals surface area contributed by atoms with E-state index in [2.05, 4.69) is 15.1 Å². The number of piperidine rings is 1. The van der Waals surface area contributed by atoms with Gasteiger partial charge in [0.2, 0.25) is 17.7 Å². The molecule has 1 saturated carbocycles. The van der Waals surface area contributed by atoms with Crippen LogP contribution < -0.4 is 0 Å². The number of hydrogen-bond donors (Lipinski definition) is 0. The first-order valence-electron chi connectivity index (χ1n) is 7.91. The first kappa shape index (κ1) is 14.5. The maximum Gasteiger partial charge on any atom is 0.230 e. The number of likely N-dealkylation sites (N-methyl/N-ethyl adjacent to an activating group) is 1. The average Bonchev–Trinajstić information content (AvgIpc) is 2.81. The minimum Gasteiger partial charge on any atom is -0.424 e. The molecule has 3 rings (SSSR count). The Hall–Kier alpha value is -1.43. The second-order valence-corrected chi connectivity index (χ2v) is 6.32. The largest absolute Gasteiger partial charge is 0.424 e. The first-order chi connectivity index (χ1) is 10.1. The fraction of sp³-hybridized carbons (Fsp3) is 0.800. The predicted molar refractivity (Wildman–Crippen MR) is 77.4 cm³/mol. The van der Waals surface area contributed by atoms with E-state index in [1.54, 1.807) is 6.92 Å². The van der Waals surface area contributed by atoms with Gasteiger partial charge in [-0.15, -0.1) is 10.2 Å². The fourth-order valence-electron chi connectivity index (χ4n) is 3.21. The zero-order chi connectivity index (χ0) is 14.8. The molecule has 0 spiro atoms. The third-order valence-corrected chi connectivity index (χ3v) is 4.76. The van der Waals surface area contributed by atoms with Crippen LogP contribution in [0.2, 0.25) is 0 Å². The molecule has 2 aliphatic rings. The summed E-state index contributed by atoms with van der Waals surface area (Å²) in [7, 11) is 1.96. The van der Waals surface area contributed by atoms with Crippen LogP contribution in [0.15, 0.2) is 4.42 Å². The summed E-state index contributed by atoms with van der Waals surface area (Å²) in [6, 6.07) is 0.316. The van der Waals surface area contributed by atoms with Crippen LogP contribution in [0.25, 0.3) is 0 Å². The zero-order valence-corrected chi connectivity index (χ0v) is 12.9. The molecule has 1 saturated heterocycles. The molecule has 1 aliphatic heterocycles. The Morgan fingerprint density at radius 3 is 2.76 bits per heavy atom. The van der Waals surface area contributed by atoms with Crippen LogP contribution in [0.4, 0.5) is 0 Å². The minimum absolute atomic E-state index is 0.281. The zero-order valence-electron chi connectivity index (χ0n) is 12.9. The van der Waals surface area contributed by atoms with Gasteiger partial charge < -0.3 is 9.32 Å². The topological polar surface area (TPSA) is 62.5 Å². The second-order valence-electron chi connectivity index (χ2n) is 6.32. The number of likely N-dealkylation sites (tertiary alicyclic amines) is 1. The Morgan fingerprint density at radius 2 is 2.14 bits per heavy atom. The van der Waals surface area contributed by atoms with E-state index in [4.69, 9.17) is 4.42 Å². The van der Waals surface area contributed by atoms with Crippen molar-refractivity contribution in [3.63, 3.8) is 0 Å². The Balaban J connectivity index is 1.56. The lowest BCUT2D eigenvalue weighted by atomic mass is 9.84. The van der Waals surface area contributed by atoms with Crippen LogP contribution >= 0.6 is 0 Å². The first-order valence-corrected chi connectivity index (χ1v) is 7.91. The van der Waals surface area contributed by atoms with Crippen molar-refractivity contribution in [2.45, 2.75) is 51.6 Å². The number of amides is 1. The number of aryl methyl sites for hydroxylation is 1. The molecule has 1 amide bonds. The Bertz CT molecular complexity index is 498. The summed E-state index contributed by atoms with van der Waals surface area (Å²) in [6.07, 6.45) is 5.55. The van der Waals surface area contributed by atoms with Crippen LogP contribution in [-0.2, 0) is 11.3 Å². The number of rotatable bonds is 4. The minimum atomic E-state index is 0.281. The average molecular weight is 292 g/mol. The number of hydrogen-bond acceptors (Lipinski definition) is 5. The molecular formula is C15H24N4O2. The van der Waals surface area contributed by atoms with Crippen molar-refractivity contribution in [1.29, 1.82) is 0 Å². The van der Waals surface area contributed by atoms with Gasteiger partial charge in [0.15, 0.2) is 0 Å². The monoisotopic (exact) mass is 292 g/mol. The second kappa shape index (κ2) is 6.13. The van der Waals surface area contributed by atoms with E-state index in [1.165, 1.54) is 6.42 Å². The molecule has 1 unspecified atom stereocenters. The van der Waals surface area contributed by atoms with Crippen molar-refractivity contribution < 1.29 is 9.21 Å². The number of aromatic nitrogens is 2. The maximum atomic E-state index is 12.4. The van der Waals surface area contributed by atoms with Gasteiger partial charge in [-0.05, 0) is 32.2 Å². The van der Waals surface area contributed by atoms with Gasteiger partial charge >= 0.3 is 0 Å². The molecule has 116 valence electrons. The lowest BCUT2D eigenvalue weighted by molar-refractivity contribution is -0.140. The molecular weight excluding hydrogens is 268 g/mol. The molecule has 0 aromatic carbocycles. The molecule has 1 aliphatic carbocycles. The quantitative estimate of drug-likeness (QED) is 0.843. The van der Waals surface area contributed by atoms with Gasteiger partial charge in [-0.2, -0.15) is 0 Å². The molecule has 6 nitrogen and oxygen atoms in total. The SMILES string of the molecule is Cc1nnc(CN2CCCC(N(C)C(=O)C3CCC3)C2)o1. The summed E-state index contributed by atoms with van der Waals surface area (Å²) in [5.41, 5.74) is 0. The molecule has 21 heavy (non-hydrogen) atoms. The van der Waals surface area contributed by atoms with Crippen LogP contribution in [-0.4, -0.2) is 52.1 Å². The highest BCUT2D eigenvalue weighted by Crippen LogP contribution is 2.29. The van der Waals surface area contributed by atoms with E-state index in [0.717, 1.165) is 38.8 Å². The third kappa shape index (κ3) is 3.26. The van der Waals surface area contributed by atoms with Crippen molar-refractivity contribution >= 4 is 5.91 Å². The fourth-order valence-corrected chi connectivity index (χ4v) is 3.21. The molecule has 6 heteroatoms. The van der Waals surface area contributed by atoms with Crippen molar-refractivity contribution in [2.75, 3.05) is 20.1 Å². The van der Waals surface area contributed by atoms with Gasteiger partial charge in [0.1, 0.15) is 0 Å². The van der Waals surface area contributed by atoms with E-state index in [-0.39, 0.29) is 5.92 Å². The van der Waals surface area contributed by atoms with Gasteiger partial charge in [0.05, 0.1) is 6.54 Å². The van der Waals surface area contributed by atoms with E-state index < -0.39 is 0 Å². The highest BCUT2D eigenvalue weighted by molar-refractivity contribution is 5.79. The molecule has 1 atom stereocenters. The van der Waals surface area contributed by atoms with Gasteiger partial charge in [-0.25, -0.2) is 0 Å². The predicted octanol–water partition coefficient (Wildman–Crippen LogP) is 1.60. The van der Waals surface area contributed by atoms with Crippen LogP contribution in [0.3, 0.4) is 0 Å². The summed E-state index contributed by atoms with van der Waals surface area (Å²) < 4.78 is 5.45. The Kier molecular flexibility index (Phi) is 4.24. The molecule has 2 fully saturated rings. The van der Waals surface area contributed by atoms with Crippen molar-refractivity contribution in [2.24, 2.45) is 5.92 Å². The van der Waals surface area contributed by atoms with Crippen LogP contribution in [0, 0.1) is 12.8 Å². The lowest BCUT2D eigenvalue weighted by Crippen LogP contribution is -2.50. The van der Waals surface area contributed by atoms with E-state index >= 15 is 0 Å². The van der Waals surface area contributed by atoms with Gasteiger partial charge in [0, 0.05) is 32.5 Å². The van der Waals surface area contributed by atoms with Crippen molar-refractivity contribution in [3.05, 3.63) is 11.8 Å². The standard InChI is InChI=1S/C15H24N4O2/c1-11-16-17-14(21-11)10-19-8-4-7-13(9-19)18(2)15(20)12-5-3-6-12/h12-13H,3-10H2,1-2H3. The van der Waals surface area contributed by atoms with E-state index in [1.807, 2.05) is 11.9 Å². The molecule has 1 aromatic heterocycles. The highest BCUT2D eigenvalue weighted by atomic mass is 16.4.